The second-order valence-electron chi connectivity index (χ2n) is 4.16. The highest BCUT2D eigenvalue weighted by molar-refractivity contribution is 5.40. The summed E-state index contributed by atoms with van der Waals surface area (Å²) < 4.78 is 0. The van der Waals surface area contributed by atoms with Gasteiger partial charge in [0.2, 0.25) is 0 Å². The molecule has 1 aliphatic carbocycles. The van der Waals surface area contributed by atoms with Crippen LogP contribution >= 0.6 is 0 Å². The summed E-state index contributed by atoms with van der Waals surface area (Å²) in [5.74, 6) is 0.588. The second kappa shape index (κ2) is 4.61. The van der Waals surface area contributed by atoms with Crippen molar-refractivity contribution in [1.29, 1.82) is 0 Å². The van der Waals surface area contributed by atoms with E-state index in [1.54, 1.807) is 0 Å². The molecule has 1 heteroatoms. The van der Waals surface area contributed by atoms with Crippen molar-refractivity contribution in [2.45, 2.75) is 40.2 Å². The van der Waals surface area contributed by atoms with E-state index in [2.05, 4.69) is 32.9 Å². The van der Waals surface area contributed by atoms with E-state index in [-0.39, 0.29) is 6.04 Å². The Morgan fingerprint density at radius 3 is 2.71 bits per heavy atom. The third-order valence-electron chi connectivity index (χ3n) is 3.09. The Kier molecular flexibility index (Phi) is 3.70. The molecule has 0 bridgehead atoms. The van der Waals surface area contributed by atoms with Gasteiger partial charge in [-0.3, -0.25) is 0 Å². The van der Waals surface area contributed by atoms with E-state index >= 15 is 0 Å². The first-order chi connectivity index (χ1) is 6.57. The van der Waals surface area contributed by atoms with E-state index in [1.165, 1.54) is 16.7 Å². The molecule has 0 spiro atoms. The van der Waals surface area contributed by atoms with E-state index in [0.29, 0.717) is 5.92 Å². The van der Waals surface area contributed by atoms with E-state index in [1.807, 2.05) is 13.0 Å². The molecule has 0 aromatic heterocycles. The fraction of sp³-hybridized carbons (Fsp3) is 0.538. The highest BCUT2D eigenvalue weighted by Crippen LogP contribution is 2.31. The molecule has 0 fully saturated rings. The van der Waals surface area contributed by atoms with Gasteiger partial charge in [-0.2, -0.15) is 0 Å². The van der Waals surface area contributed by atoms with Gasteiger partial charge in [0.05, 0.1) is 0 Å². The zero-order valence-corrected chi connectivity index (χ0v) is 9.67. The first-order valence-corrected chi connectivity index (χ1v) is 5.34. The molecular formula is C13H21N. The first-order valence-electron chi connectivity index (χ1n) is 5.34. The van der Waals surface area contributed by atoms with Crippen molar-refractivity contribution in [1.82, 2.24) is 0 Å². The number of nitrogens with two attached hydrogens (primary N) is 1. The normalized spacial score (nSPS) is 25.5. The molecule has 1 aliphatic rings. The predicted octanol–water partition coefficient (Wildman–Crippen LogP) is 3.19. The van der Waals surface area contributed by atoms with Crippen LogP contribution in [0.3, 0.4) is 0 Å². The van der Waals surface area contributed by atoms with Crippen LogP contribution in [0.15, 0.2) is 34.9 Å². The van der Waals surface area contributed by atoms with Crippen molar-refractivity contribution in [3.8, 4) is 0 Å². The summed E-state index contributed by atoms with van der Waals surface area (Å²) in [6.45, 7) is 8.63. The van der Waals surface area contributed by atoms with Crippen molar-refractivity contribution < 1.29 is 0 Å². The van der Waals surface area contributed by atoms with Crippen LogP contribution in [0.2, 0.25) is 0 Å². The largest absolute Gasteiger partial charge is 0.321 e. The SMILES string of the molecule is C/C=C\C(N)C1=C(C)C(C)=CCC1C. The Hall–Kier alpha value is -0.820. The number of rotatable bonds is 2. The van der Waals surface area contributed by atoms with E-state index in [0.717, 1.165) is 6.42 Å². The second-order valence-corrected chi connectivity index (χ2v) is 4.16. The summed E-state index contributed by atoms with van der Waals surface area (Å²) >= 11 is 0. The maximum Gasteiger partial charge on any atom is 0.0448 e. The standard InChI is InChI=1S/C13H21N/c1-5-6-12(14)13-10(3)8-7-9(2)11(13)4/h5-7,10,12H,8,14H2,1-4H3/b6-5-. The van der Waals surface area contributed by atoms with Gasteiger partial charge in [-0.15, -0.1) is 0 Å². The summed E-state index contributed by atoms with van der Waals surface area (Å²) in [7, 11) is 0. The Bertz CT molecular complexity index is 294. The molecular weight excluding hydrogens is 170 g/mol. The van der Waals surface area contributed by atoms with Gasteiger partial charge in [-0.25, -0.2) is 0 Å². The molecule has 14 heavy (non-hydrogen) atoms. The molecule has 1 nitrogen and oxygen atoms in total. The van der Waals surface area contributed by atoms with E-state index in [4.69, 9.17) is 5.73 Å². The molecule has 1 rings (SSSR count). The van der Waals surface area contributed by atoms with Gasteiger partial charge in [0.25, 0.3) is 0 Å². The van der Waals surface area contributed by atoms with E-state index in [9.17, 15) is 0 Å². The molecule has 2 atom stereocenters. The van der Waals surface area contributed by atoms with Crippen LogP contribution in [-0.4, -0.2) is 6.04 Å². The minimum absolute atomic E-state index is 0.0960. The lowest BCUT2D eigenvalue weighted by Gasteiger charge is -2.26. The molecule has 0 aromatic carbocycles. The third kappa shape index (κ3) is 2.16. The van der Waals surface area contributed by atoms with Crippen LogP contribution in [0.5, 0.6) is 0 Å². The van der Waals surface area contributed by atoms with Crippen LogP contribution < -0.4 is 5.73 Å². The average Bonchev–Trinajstić information content (AvgIpc) is 2.13. The molecule has 0 saturated carbocycles. The first kappa shape index (κ1) is 11.3. The molecule has 2 unspecified atom stereocenters. The van der Waals surface area contributed by atoms with Crippen molar-refractivity contribution in [2.75, 3.05) is 0 Å². The van der Waals surface area contributed by atoms with Crippen LogP contribution in [0, 0.1) is 5.92 Å². The number of hydrogen-bond donors (Lipinski definition) is 1. The lowest BCUT2D eigenvalue weighted by molar-refractivity contribution is 0.625. The maximum absolute atomic E-state index is 6.13. The number of hydrogen-bond acceptors (Lipinski definition) is 1. The zero-order chi connectivity index (χ0) is 10.7. The monoisotopic (exact) mass is 191 g/mol. The highest BCUT2D eigenvalue weighted by Gasteiger charge is 2.20. The molecule has 0 aromatic rings. The van der Waals surface area contributed by atoms with Gasteiger partial charge in [0.15, 0.2) is 0 Å². The lowest BCUT2D eigenvalue weighted by atomic mass is 9.81. The molecule has 0 aliphatic heterocycles. The molecule has 0 amide bonds. The van der Waals surface area contributed by atoms with Crippen molar-refractivity contribution in [2.24, 2.45) is 11.7 Å². The third-order valence-corrected chi connectivity index (χ3v) is 3.09. The van der Waals surface area contributed by atoms with Crippen LogP contribution in [-0.2, 0) is 0 Å². The van der Waals surface area contributed by atoms with Gasteiger partial charge >= 0.3 is 0 Å². The smallest absolute Gasteiger partial charge is 0.0448 e. The van der Waals surface area contributed by atoms with Gasteiger partial charge in [0, 0.05) is 6.04 Å². The quantitative estimate of drug-likeness (QED) is 0.666. The predicted molar refractivity (Wildman–Crippen MR) is 63.0 cm³/mol. The van der Waals surface area contributed by atoms with Gasteiger partial charge < -0.3 is 5.73 Å². The summed E-state index contributed by atoms with van der Waals surface area (Å²) in [4.78, 5) is 0. The Morgan fingerprint density at radius 2 is 2.14 bits per heavy atom. The Balaban J connectivity index is 3.02. The van der Waals surface area contributed by atoms with E-state index < -0.39 is 0 Å². The molecule has 2 N–H and O–H groups in total. The van der Waals surface area contributed by atoms with Crippen LogP contribution in [0.4, 0.5) is 0 Å². The number of allylic oxidation sites excluding steroid dienone is 4. The van der Waals surface area contributed by atoms with Gasteiger partial charge in [-0.1, -0.05) is 30.7 Å². The average molecular weight is 191 g/mol. The summed E-state index contributed by atoms with van der Waals surface area (Å²) in [6, 6.07) is 0.0960. The summed E-state index contributed by atoms with van der Waals surface area (Å²) in [6.07, 6.45) is 7.55. The highest BCUT2D eigenvalue weighted by atomic mass is 14.6. The molecule has 0 radical (unpaired) electrons. The molecule has 0 heterocycles. The lowest BCUT2D eigenvalue weighted by Crippen LogP contribution is -2.26. The molecule has 0 saturated heterocycles. The topological polar surface area (TPSA) is 26.0 Å². The Morgan fingerprint density at radius 1 is 1.50 bits per heavy atom. The zero-order valence-electron chi connectivity index (χ0n) is 9.67. The van der Waals surface area contributed by atoms with Crippen LogP contribution in [0.25, 0.3) is 0 Å². The Labute approximate surface area is 87.4 Å². The van der Waals surface area contributed by atoms with Crippen molar-refractivity contribution in [3.05, 3.63) is 34.9 Å². The maximum atomic E-state index is 6.13. The van der Waals surface area contributed by atoms with Gasteiger partial charge in [-0.05, 0) is 44.3 Å². The summed E-state index contributed by atoms with van der Waals surface area (Å²) in [5.41, 5.74) is 10.3. The van der Waals surface area contributed by atoms with Crippen molar-refractivity contribution in [3.63, 3.8) is 0 Å². The van der Waals surface area contributed by atoms with Crippen molar-refractivity contribution >= 4 is 0 Å². The fourth-order valence-corrected chi connectivity index (χ4v) is 2.12. The summed E-state index contributed by atoms with van der Waals surface area (Å²) in [5, 5.41) is 0. The minimum atomic E-state index is 0.0960. The van der Waals surface area contributed by atoms with Gasteiger partial charge in [0.1, 0.15) is 0 Å². The minimum Gasteiger partial charge on any atom is -0.321 e. The fourth-order valence-electron chi connectivity index (χ4n) is 2.12. The van der Waals surface area contributed by atoms with Crippen LogP contribution in [0.1, 0.15) is 34.1 Å². The molecule has 78 valence electrons.